The zero-order valence-corrected chi connectivity index (χ0v) is 10.4. The molecule has 0 N–H and O–H groups in total. The van der Waals surface area contributed by atoms with Gasteiger partial charge in [-0.3, -0.25) is 9.59 Å². The quantitative estimate of drug-likeness (QED) is 0.608. The molecule has 0 heterocycles. The summed E-state index contributed by atoms with van der Waals surface area (Å²) in [5.41, 5.74) is 3.21. The van der Waals surface area contributed by atoms with Crippen molar-refractivity contribution >= 4 is 24.2 Å². The normalized spacial score (nSPS) is 11.0. The van der Waals surface area contributed by atoms with Crippen molar-refractivity contribution in [3.05, 3.63) is 48.5 Å². The molecule has 0 saturated heterocycles. The van der Waals surface area contributed by atoms with E-state index in [1.54, 1.807) is 24.3 Å². The lowest BCUT2D eigenvalue weighted by Gasteiger charge is -2.02. The van der Waals surface area contributed by atoms with Crippen LogP contribution in [0.25, 0.3) is 11.1 Å². The van der Waals surface area contributed by atoms with E-state index in [9.17, 15) is 9.59 Å². The molecule has 2 rings (SSSR count). The van der Waals surface area contributed by atoms with Crippen molar-refractivity contribution in [2.24, 2.45) is 20.5 Å². The topological polar surface area (TPSA) is 83.6 Å². The average molecular weight is 266 g/mol. The minimum Gasteiger partial charge on any atom is -0.275 e. The number of benzene rings is 2. The van der Waals surface area contributed by atoms with Gasteiger partial charge in [-0.1, -0.05) is 24.3 Å². The molecular weight excluding hydrogens is 256 g/mol. The van der Waals surface area contributed by atoms with Gasteiger partial charge in [0.15, 0.2) is 0 Å². The largest absolute Gasteiger partial charge is 0.275 e. The molecular formula is C14H10N4O2. The van der Waals surface area contributed by atoms with Gasteiger partial charge in [-0.25, -0.2) is 0 Å². The van der Waals surface area contributed by atoms with Crippen LogP contribution in [0, 0.1) is 0 Å². The molecule has 6 nitrogen and oxygen atoms in total. The number of carbonyl (C=O) groups is 2. The average Bonchev–Trinajstić information content (AvgIpc) is 2.52. The van der Waals surface area contributed by atoms with Crippen LogP contribution in [0.3, 0.4) is 0 Å². The summed E-state index contributed by atoms with van der Waals surface area (Å²) in [4.78, 5) is 20.1. The Bertz CT molecular complexity index is 586. The molecule has 0 aliphatic carbocycles. The van der Waals surface area contributed by atoms with Crippen LogP contribution in [0.2, 0.25) is 0 Å². The van der Waals surface area contributed by atoms with Crippen molar-refractivity contribution in [1.29, 1.82) is 0 Å². The van der Waals surface area contributed by atoms with E-state index in [1.165, 1.54) is 0 Å². The van der Waals surface area contributed by atoms with Crippen LogP contribution in [-0.2, 0) is 9.59 Å². The Morgan fingerprint density at radius 1 is 0.600 bits per heavy atom. The standard InChI is InChI=1S/C14H10N4O2/c19-9-15-17-13-5-1-11(2-6-13)12-3-7-14(8-4-12)18-16-10-20/h1-10H. The van der Waals surface area contributed by atoms with E-state index in [2.05, 4.69) is 20.5 Å². The third kappa shape index (κ3) is 3.49. The zero-order valence-electron chi connectivity index (χ0n) is 10.4. The zero-order chi connectivity index (χ0) is 14.2. The minimum absolute atomic E-state index is 0.389. The van der Waals surface area contributed by atoms with Gasteiger partial charge in [0.05, 0.1) is 11.4 Å². The molecule has 0 bridgehead atoms. The highest BCUT2D eigenvalue weighted by Gasteiger charge is 1.98. The SMILES string of the molecule is O=CN=Nc1ccc(-c2ccc(N=NC=O)cc2)cc1. The molecule has 0 atom stereocenters. The van der Waals surface area contributed by atoms with E-state index >= 15 is 0 Å². The monoisotopic (exact) mass is 266 g/mol. The number of rotatable bonds is 5. The Labute approximate surface area is 114 Å². The number of hydrogen-bond acceptors (Lipinski definition) is 4. The molecule has 0 radical (unpaired) electrons. The molecule has 0 fully saturated rings. The maximum atomic E-state index is 10.1. The number of amides is 2. The lowest BCUT2D eigenvalue weighted by molar-refractivity contribution is -0.107. The van der Waals surface area contributed by atoms with Gasteiger partial charge in [0, 0.05) is 0 Å². The Kier molecular flexibility index (Phi) is 4.55. The van der Waals surface area contributed by atoms with Gasteiger partial charge in [0.2, 0.25) is 0 Å². The van der Waals surface area contributed by atoms with Crippen molar-refractivity contribution in [2.45, 2.75) is 0 Å². The predicted molar refractivity (Wildman–Crippen MR) is 73.0 cm³/mol. The summed E-state index contributed by atoms with van der Waals surface area (Å²) in [6.07, 6.45) is 0.779. The fourth-order valence-corrected chi connectivity index (χ4v) is 1.62. The van der Waals surface area contributed by atoms with Crippen LogP contribution in [0.1, 0.15) is 0 Å². The lowest BCUT2D eigenvalue weighted by Crippen LogP contribution is -1.76. The summed E-state index contributed by atoms with van der Waals surface area (Å²) in [6.45, 7) is 0. The van der Waals surface area contributed by atoms with E-state index < -0.39 is 0 Å². The smallest absolute Gasteiger partial charge is 0.252 e. The highest BCUT2D eigenvalue weighted by molar-refractivity contribution is 5.67. The van der Waals surface area contributed by atoms with Gasteiger partial charge in [-0.2, -0.15) is 0 Å². The summed E-state index contributed by atoms with van der Waals surface area (Å²) < 4.78 is 0. The first-order chi connectivity index (χ1) is 9.83. The lowest BCUT2D eigenvalue weighted by atomic mass is 10.1. The second-order valence-corrected chi connectivity index (χ2v) is 3.74. The van der Waals surface area contributed by atoms with Gasteiger partial charge < -0.3 is 0 Å². The van der Waals surface area contributed by atoms with Crippen molar-refractivity contribution < 1.29 is 9.59 Å². The summed E-state index contributed by atoms with van der Waals surface area (Å²) in [5, 5.41) is 14.0. The van der Waals surface area contributed by atoms with Crippen LogP contribution in [0.15, 0.2) is 69.0 Å². The number of hydrogen-bond donors (Lipinski definition) is 0. The summed E-state index contributed by atoms with van der Waals surface area (Å²) in [6, 6.07) is 14.6. The molecule has 0 aliphatic rings. The second kappa shape index (κ2) is 6.79. The van der Waals surface area contributed by atoms with Crippen molar-refractivity contribution in [3.63, 3.8) is 0 Å². The molecule has 2 aromatic rings. The van der Waals surface area contributed by atoms with E-state index in [4.69, 9.17) is 0 Å². The molecule has 6 heteroatoms. The van der Waals surface area contributed by atoms with Crippen molar-refractivity contribution in [2.75, 3.05) is 0 Å². The van der Waals surface area contributed by atoms with Gasteiger partial charge in [-0.05, 0) is 35.4 Å². The van der Waals surface area contributed by atoms with Gasteiger partial charge in [0.25, 0.3) is 12.8 Å². The number of nitrogens with zero attached hydrogens (tertiary/aromatic N) is 4. The van der Waals surface area contributed by atoms with Gasteiger partial charge >= 0.3 is 0 Å². The third-order valence-corrected chi connectivity index (χ3v) is 2.51. The minimum atomic E-state index is 0.389. The molecule has 98 valence electrons. The number of azo groups is 2. The Hall–Kier alpha value is -3.02. The first kappa shape index (κ1) is 13.4. The fraction of sp³-hybridized carbons (Fsp3) is 0. The molecule has 0 spiro atoms. The predicted octanol–water partition coefficient (Wildman–Crippen LogP) is 3.83. The van der Waals surface area contributed by atoms with Gasteiger partial charge in [0.1, 0.15) is 0 Å². The van der Waals surface area contributed by atoms with E-state index in [1.807, 2.05) is 24.3 Å². The van der Waals surface area contributed by atoms with E-state index in [-0.39, 0.29) is 0 Å². The maximum absolute atomic E-state index is 10.1. The van der Waals surface area contributed by atoms with Crippen LogP contribution in [0.4, 0.5) is 11.4 Å². The molecule has 2 amide bonds. The van der Waals surface area contributed by atoms with Crippen molar-refractivity contribution in [3.8, 4) is 11.1 Å². The van der Waals surface area contributed by atoms with E-state index in [0.717, 1.165) is 11.1 Å². The summed E-state index contributed by atoms with van der Waals surface area (Å²) >= 11 is 0. The van der Waals surface area contributed by atoms with Crippen LogP contribution in [-0.4, -0.2) is 12.8 Å². The van der Waals surface area contributed by atoms with Crippen LogP contribution < -0.4 is 0 Å². The van der Waals surface area contributed by atoms with Crippen molar-refractivity contribution in [1.82, 2.24) is 0 Å². The molecule has 2 aromatic carbocycles. The molecule has 0 aromatic heterocycles. The molecule has 0 aliphatic heterocycles. The Morgan fingerprint density at radius 3 is 1.25 bits per heavy atom. The van der Waals surface area contributed by atoms with Crippen LogP contribution in [0.5, 0.6) is 0 Å². The Morgan fingerprint density at radius 2 is 0.950 bits per heavy atom. The fourth-order valence-electron chi connectivity index (χ4n) is 1.62. The highest BCUT2D eigenvalue weighted by atomic mass is 16.1. The molecule has 0 unspecified atom stereocenters. The van der Waals surface area contributed by atoms with Gasteiger partial charge in [-0.15, -0.1) is 20.5 Å². The highest BCUT2D eigenvalue weighted by Crippen LogP contribution is 2.25. The Balaban J connectivity index is 2.19. The van der Waals surface area contributed by atoms with E-state index in [0.29, 0.717) is 24.2 Å². The summed E-state index contributed by atoms with van der Waals surface area (Å²) in [7, 11) is 0. The third-order valence-electron chi connectivity index (χ3n) is 2.51. The second-order valence-electron chi connectivity index (χ2n) is 3.74. The molecule has 0 saturated carbocycles. The number of carbonyl (C=O) groups excluding carboxylic acids is 2. The van der Waals surface area contributed by atoms with Crippen LogP contribution >= 0.6 is 0 Å². The first-order valence-electron chi connectivity index (χ1n) is 5.73. The maximum Gasteiger partial charge on any atom is 0.252 e. The summed E-state index contributed by atoms with van der Waals surface area (Å²) in [5.74, 6) is 0. The first-order valence-corrected chi connectivity index (χ1v) is 5.73. The molecule has 20 heavy (non-hydrogen) atoms.